The molecule has 8 aromatic rings. The Morgan fingerprint density at radius 2 is 0.953 bits per heavy atom. The Bertz CT molecular complexity index is 2170. The minimum Gasteiger partial charge on any atom is -0.244 e. The van der Waals surface area contributed by atoms with Crippen molar-refractivity contribution in [2.75, 3.05) is 0 Å². The number of hydrogen-bond acceptors (Lipinski definition) is 6. The molecule has 0 atom stereocenters. The van der Waals surface area contributed by atoms with Crippen LogP contribution in [-0.4, -0.2) is 24.9 Å². The van der Waals surface area contributed by atoms with Crippen LogP contribution in [0, 0.1) is 0 Å². The summed E-state index contributed by atoms with van der Waals surface area (Å²) in [4.78, 5) is 24.6. The number of aromatic nitrogens is 5. The fourth-order valence-corrected chi connectivity index (χ4v) is 6.40. The molecule has 0 saturated heterocycles. The molecule has 0 bridgehead atoms. The third-order valence-electron chi connectivity index (χ3n) is 7.39. The van der Waals surface area contributed by atoms with E-state index in [0.29, 0.717) is 23.2 Å². The van der Waals surface area contributed by atoms with Gasteiger partial charge in [-0.25, -0.2) is 24.9 Å². The maximum atomic E-state index is 5.10. The minimum atomic E-state index is 0.534. The van der Waals surface area contributed by atoms with Crippen molar-refractivity contribution in [3.8, 4) is 56.1 Å². The molecule has 43 heavy (non-hydrogen) atoms. The summed E-state index contributed by atoms with van der Waals surface area (Å²) in [6, 6.07) is 47.0. The monoisotopic (exact) mass is 569 g/mol. The number of rotatable bonds is 5. The van der Waals surface area contributed by atoms with Crippen LogP contribution in [0.4, 0.5) is 0 Å². The maximum Gasteiger partial charge on any atom is 0.182 e. The maximum absolute atomic E-state index is 5.10. The van der Waals surface area contributed by atoms with Gasteiger partial charge in [-0.3, -0.25) is 0 Å². The first kappa shape index (κ1) is 25.1. The van der Waals surface area contributed by atoms with Crippen molar-refractivity contribution in [1.82, 2.24) is 24.9 Å². The molecule has 5 nitrogen and oxygen atoms in total. The van der Waals surface area contributed by atoms with Crippen molar-refractivity contribution in [2.24, 2.45) is 0 Å². The Labute approximate surface area is 252 Å². The van der Waals surface area contributed by atoms with Crippen LogP contribution in [0.1, 0.15) is 0 Å². The van der Waals surface area contributed by atoms with Gasteiger partial charge in [0, 0.05) is 27.6 Å². The molecule has 0 saturated carbocycles. The van der Waals surface area contributed by atoms with Crippen LogP contribution in [0.5, 0.6) is 0 Å². The number of thiazole rings is 1. The minimum absolute atomic E-state index is 0.534. The molecule has 3 heterocycles. The number of benzene rings is 5. The zero-order valence-corrected chi connectivity index (χ0v) is 23.7. The molecule has 202 valence electrons. The first-order valence-corrected chi connectivity index (χ1v) is 14.8. The highest BCUT2D eigenvalue weighted by molar-refractivity contribution is 7.22. The van der Waals surface area contributed by atoms with E-state index < -0.39 is 0 Å². The second kappa shape index (κ2) is 10.7. The summed E-state index contributed by atoms with van der Waals surface area (Å²) in [5, 5.41) is 3.32. The average molecular weight is 570 g/mol. The molecule has 0 N–H and O–H groups in total. The normalized spacial score (nSPS) is 11.3. The standard InChI is InChI=1S/C37H23N5S/c1-4-12-24(13-5-1)34-40-35(25-14-6-2-7-15-25)42-36(41-34)32-21-11-20-30(38-32)28-18-10-19-29-27(28)22-23-31-33(29)43-37(39-31)26-16-8-3-9-17-26/h1-23H. The highest BCUT2D eigenvalue weighted by Crippen LogP contribution is 2.38. The van der Waals surface area contributed by atoms with Gasteiger partial charge in [0.05, 0.1) is 15.9 Å². The van der Waals surface area contributed by atoms with E-state index in [4.69, 9.17) is 24.9 Å². The second-order valence-electron chi connectivity index (χ2n) is 10.1. The van der Waals surface area contributed by atoms with Gasteiger partial charge in [0.2, 0.25) is 0 Å². The van der Waals surface area contributed by atoms with E-state index in [1.807, 2.05) is 97.1 Å². The SMILES string of the molecule is c1ccc(-c2nc(-c3ccccc3)nc(-c3cccc(-c4cccc5c4ccc4nc(-c6ccccc6)sc45)n3)n2)cc1. The van der Waals surface area contributed by atoms with E-state index in [1.165, 1.54) is 10.1 Å². The first-order chi connectivity index (χ1) is 21.3. The summed E-state index contributed by atoms with van der Waals surface area (Å²) in [5.41, 5.74) is 6.59. The van der Waals surface area contributed by atoms with E-state index in [0.717, 1.165) is 43.9 Å². The molecule has 0 amide bonds. The van der Waals surface area contributed by atoms with Crippen LogP contribution < -0.4 is 0 Å². The Kier molecular flexibility index (Phi) is 6.24. The first-order valence-electron chi connectivity index (χ1n) is 14.0. The highest BCUT2D eigenvalue weighted by Gasteiger charge is 2.16. The Morgan fingerprint density at radius 1 is 0.372 bits per heavy atom. The molecule has 0 aliphatic heterocycles. The molecule has 0 unspecified atom stereocenters. The van der Waals surface area contributed by atoms with Gasteiger partial charge in [-0.1, -0.05) is 121 Å². The van der Waals surface area contributed by atoms with Crippen LogP contribution in [0.25, 0.3) is 77.1 Å². The molecule has 0 aliphatic rings. The van der Waals surface area contributed by atoms with Gasteiger partial charge in [0.1, 0.15) is 10.7 Å². The van der Waals surface area contributed by atoms with Gasteiger partial charge in [-0.2, -0.15) is 0 Å². The number of pyridine rings is 1. The van der Waals surface area contributed by atoms with Gasteiger partial charge in [-0.05, 0) is 23.6 Å². The zero-order valence-electron chi connectivity index (χ0n) is 22.9. The zero-order chi connectivity index (χ0) is 28.6. The number of nitrogens with zero attached hydrogens (tertiary/aromatic N) is 5. The molecular weight excluding hydrogens is 547 g/mol. The Morgan fingerprint density at radius 3 is 1.63 bits per heavy atom. The molecule has 5 aromatic carbocycles. The number of fused-ring (bicyclic) bond motifs is 3. The summed E-state index contributed by atoms with van der Waals surface area (Å²) < 4.78 is 1.17. The van der Waals surface area contributed by atoms with Gasteiger partial charge in [-0.15, -0.1) is 11.3 Å². The van der Waals surface area contributed by atoms with E-state index in [9.17, 15) is 0 Å². The largest absolute Gasteiger partial charge is 0.244 e. The fraction of sp³-hybridized carbons (Fsp3) is 0. The summed E-state index contributed by atoms with van der Waals surface area (Å²) in [6.45, 7) is 0. The molecule has 0 aliphatic carbocycles. The van der Waals surface area contributed by atoms with Crippen LogP contribution in [0.3, 0.4) is 0 Å². The van der Waals surface area contributed by atoms with E-state index in [-0.39, 0.29) is 0 Å². The van der Waals surface area contributed by atoms with Gasteiger partial charge in [0.15, 0.2) is 17.5 Å². The fourth-order valence-electron chi connectivity index (χ4n) is 5.30. The van der Waals surface area contributed by atoms with Crippen LogP contribution in [0.15, 0.2) is 140 Å². The van der Waals surface area contributed by atoms with Crippen LogP contribution >= 0.6 is 11.3 Å². The summed E-state index contributed by atoms with van der Waals surface area (Å²) in [5.74, 6) is 1.76. The van der Waals surface area contributed by atoms with Gasteiger partial charge >= 0.3 is 0 Å². The van der Waals surface area contributed by atoms with Crippen molar-refractivity contribution in [1.29, 1.82) is 0 Å². The van der Waals surface area contributed by atoms with Gasteiger partial charge < -0.3 is 0 Å². The summed E-state index contributed by atoms with van der Waals surface area (Å²) >= 11 is 1.72. The van der Waals surface area contributed by atoms with E-state index in [1.54, 1.807) is 11.3 Å². The second-order valence-corrected chi connectivity index (χ2v) is 11.1. The third kappa shape index (κ3) is 4.74. The van der Waals surface area contributed by atoms with Crippen molar-refractivity contribution in [3.63, 3.8) is 0 Å². The molecular formula is C37H23N5S. The van der Waals surface area contributed by atoms with E-state index in [2.05, 4.69) is 42.5 Å². The quantitative estimate of drug-likeness (QED) is 0.207. The topological polar surface area (TPSA) is 64.5 Å². The lowest BCUT2D eigenvalue weighted by atomic mass is 10.0. The summed E-state index contributed by atoms with van der Waals surface area (Å²) in [6.07, 6.45) is 0. The molecule has 0 radical (unpaired) electrons. The Balaban J connectivity index is 1.26. The molecule has 6 heteroatoms. The predicted molar refractivity (Wildman–Crippen MR) is 175 cm³/mol. The van der Waals surface area contributed by atoms with Gasteiger partial charge in [0.25, 0.3) is 0 Å². The number of hydrogen-bond donors (Lipinski definition) is 0. The van der Waals surface area contributed by atoms with Crippen LogP contribution in [-0.2, 0) is 0 Å². The Hall–Kier alpha value is -5.59. The lowest BCUT2D eigenvalue weighted by Gasteiger charge is -2.10. The molecule has 0 spiro atoms. The smallest absolute Gasteiger partial charge is 0.182 e. The lowest BCUT2D eigenvalue weighted by Crippen LogP contribution is -2.01. The van der Waals surface area contributed by atoms with Crippen molar-refractivity contribution in [3.05, 3.63) is 140 Å². The molecule has 0 fully saturated rings. The lowest BCUT2D eigenvalue weighted by molar-refractivity contribution is 1.06. The van der Waals surface area contributed by atoms with Crippen molar-refractivity contribution >= 4 is 32.3 Å². The third-order valence-corrected chi connectivity index (χ3v) is 8.54. The molecule has 8 rings (SSSR count). The average Bonchev–Trinajstić information content (AvgIpc) is 3.54. The van der Waals surface area contributed by atoms with Crippen LogP contribution in [0.2, 0.25) is 0 Å². The van der Waals surface area contributed by atoms with Crippen molar-refractivity contribution in [2.45, 2.75) is 0 Å². The predicted octanol–water partition coefficient (Wildman–Crippen LogP) is 9.36. The summed E-state index contributed by atoms with van der Waals surface area (Å²) in [7, 11) is 0. The van der Waals surface area contributed by atoms with Crippen molar-refractivity contribution < 1.29 is 0 Å². The highest BCUT2D eigenvalue weighted by atomic mass is 32.1. The van der Waals surface area contributed by atoms with E-state index >= 15 is 0 Å². The molecule has 3 aromatic heterocycles.